The predicted molar refractivity (Wildman–Crippen MR) is 53.8 cm³/mol. The Morgan fingerprint density at radius 1 is 1.71 bits per heavy atom. The number of aliphatic carboxylic acids is 1. The highest BCUT2D eigenvalue weighted by atomic mass is 16.5. The molecule has 0 fully saturated rings. The first-order valence-electron chi connectivity index (χ1n) is 4.86. The summed E-state index contributed by atoms with van der Waals surface area (Å²) in [4.78, 5) is 10.8. The molecule has 3 heteroatoms. The van der Waals surface area contributed by atoms with Crippen LogP contribution in [0.5, 0.6) is 0 Å². The molecule has 78 valence electrons. The van der Waals surface area contributed by atoms with E-state index >= 15 is 0 Å². The summed E-state index contributed by atoms with van der Waals surface area (Å²) in [6.07, 6.45) is 6.11. The molecule has 0 heterocycles. The maximum atomic E-state index is 10.8. The van der Waals surface area contributed by atoms with Gasteiger partial charge in [-0.25, -0.2) is 0 Å². The van der Waals surface area contributed by atoms with E-state index in [4.69, 9.17) is 9.84 Å². The minimum atomic E-state index is -0.786. The Bertz CT molecular complexity index is 276. The zero-order valence-corrected chi connectivity index (χ0v) is 8.62. The van der Waals surface area contributed by atoms with Crippen LogP contribution in [0.3, 0.4) is 0 Å². The molecule has 1 rings (SSSR count). The van der Waals surface area contributed by atoms with Crippen LogP contribution in [0.4, 0.5) is 0 Å². The molecule has 0 spiro atoms. The Labute approximate surface area is 84.1 Å². The third-order valence-corrected chi connectivity index (χ3v) is 2.38. The summed E-state index contributed by atoms with van der Waals surface area (Å²) < 4.78 is 5.20. The number of ether oxygens (including phenoxy) is 1. The van der Waals surface area contributed by atoms with Crippen molar-refractivity contribution < 1.29 is 14.6 Å². The Balaban J connectivity index is 2.76. The maximum Gasteiger partial charge on any atom is 0.310 e. The van der Waals surface area contributed by atoms with E-state index in [1.54, 1.807) is 13.2 Å². The molecule has 1 aliphatic carbocycles. The molecule has 0 saturated carbocycles. The summed E-state index contributed by atoms with van der Waals surface area (Å²) in [6.45, 7) is 2.09. The summed E-state index contributed by atoms with van der Waals surface area (Å²) in [6, 6.07) is 0. The molecule has 14 heavy (non-hydrogen) atoms. The highest BCUT2D eigenvalue weighted by molar-refractivity contribution is 5.73. The van der Waals surface area contributed by atoms with Gasteiger partial charge >= 0.3 is 5.97 Å². The van der Waals surface area contributed by atoms with Gasteiger partial charge in [0.1, 0.15) is 0 Å². The molecule has 0 saturated heterocycles. The van der Waals surface area contributed by atoms with Crippen molar-refractivity contribution in [2.45, 2.75) is 26.2 Å². The topological polar surface area (TPSA) is 46.5 Å². The van der Waals surface area contributed by atoms with Crippen molar-refractivity contribution in [1.82, 2.24) is 0 Å². The smallest absolute Gasteiger partial charge is 0.310 e. The van der Waals surface area contributed by atoms with Crippen molar-refractivity contribution in [2.24, 2.45) is 5.92 Å². The molecule has 1 aliphatic rings. The SMILES string of the molecule is CCCC1=C(OC)CC(C(=O)O)C=C1. The third-order valence-electron chi connectivity index (χ3n) is 2.38. The zero-order valence-electron chi connectivity index (χ0n) is 8.62. The van der Waals surface area contributed by atoms with E-state index in [9.17, 15) is 4.79 Å². The van der Waals surface area contributed by atoms with Gasteiger partial charge in [0.2, 0.25) is 0 Å². The van der Waals surface area contributed by atoms with E-state index in [2.05, 4.69) is 6.92 Å². The molecule has 0 aromatic carbocycles. The van der Waals surface area contributed by atoms with Gasteiger partial charge in [0.05, 0.1) is 18.8 Å². The van der Waals surface area contributed by atoms with Gasteiger partial charge in [-0.05, 0) is 12.0 Å². The molecule has 0 radical (unpaired) electrons. The van der Waals surface area contributed by atoms with Crippen molar-refractivity contribution in [3.05, 3.63) is 23.5 Å². The van der Waals surface area contributed by atoms with Gasteiger partial charge in [-0.15, -0.1) is 0 Å². The highest BCUT2D eigenvalue weighted by Crippen LogP contribution is 2.26. The Morgan fingerprint density at radius 3 is 2.93 bits per heavy atom. The largest absolute Gasteiger partial charge is 0.501 e. The summed E-state index contributed by atoms with van der Waals surface area (Å²) in [5.41, 5.74) is 1.13. The number of hydrogen-bond donors (Lipinski definition) is 1. The summed E-state index contributed by atoms with van der Waals surface area (Å²) >= 11 is 0. The number of carboxylic acids is 1. The lowest BCUT2D eigenvalue weighted by Gasteiger charge is -2.18. The van der Waals surface area contributed by atoms with Crippen molar-refractivity contribution in [1.29, 1.82) is 0 Å². The second-order valence-electron chi connectivity index (χ2n) is 3.41. The Hall–Kier alpha value is -1.25. The second kappa shape index (κ2) is 4.84. The number of carboxylic acid groups (broad SMARTS) is 1. The second-order valence-corrected chi connectivity index (χ2v) is 3.41. The number of hydrogen-bond acceptors (Lipinski definition) is 2. The first kappa shape index (κ1) is 10.8. The number of rotatable bonds is 4. The average molecular weight is 196 g/mol. The monoisotopic (exact) mass is 196 g/mol. The quantitative estimate of drug-likeness (QED) is 0.750. The van der Waals surface area contributed by atoms with E-state index in [1.807, 2.05) is 6.08 Å². The van der Waals surface area contributed by atoms with Crippen LogP contribution in [-0.2, 0) is 9.53 Å². The molecule has 1 unspecified atom stereocenters. The van der Waals surface area contributed by atoms with E-state index in [0.717, 1.165) is 24.2 Å². The lowest BCUT2D eigenvalue weighted by atomic mass is 9.93. The van der Waals surface area contributed by atoms with E-state index in [1.165, 1.54) is 0 Å². The van der Waals surface area contributed by atoms with E-state index < -0.39 is 11.9 Å². The van der Waals surface area contributed by atoms with Crippen LogP contribution in [0.1, 0.15) is 26.2 Å². The van der Waals surface area contributed by atoms with E-state index in [-0.39, 0.29) is 0 Å². The first-order chi connectivity index (χ1) is 6.69. The summed E-state index contributed by atoms with van der Waals surface area (Å²) in [5, 5.41) is 8.84. The lowest BCUT2D eigenvalue weighted by molar-refractivity contribution is -0.140. The number of carbonyl (C=O) groups is 1. The van der Waals surface area contributed by atoms with Gasteiger partial charge in [-0.2, -0.15) is 0 Å². The van der Waals surface area contributed by atoms with Crippen LogP contribution < -0.4 is 0 Å². The van der Waals surface area contributed by atoms with Crippen molar-refractivity contribution in [3.8, 4) is 0 Å². The zero-order chi connectivity index (χ0) is 10.6. The van der Waals surface area contributed by atoms with Crippen LogP contribution in [0.2, 0.25) is 0 Å². The van der Waals surface area contributed by atoms with Crippen molar-refractivity contribution >= 4 is 5.97 Å². The molecular weight excluding hydrogens is 180 g/mol. The molecule has 0 bridgehead atoms. The van der Waals surface area contributed by atoms with Crippen LogP contribution in [-0.4, -0.2) is 18.2 Å². The van der Waals surface area contributed by atoms with Crippen LogP contribution in [0.25, 0.3) is 0 Å². The van der Waals surface area contributed by atoms with Gasteiger partial charge in [0, 0.05) is 6.42 Å². The van der Waals surface area contributed by atoms with Gasteiger partial charge in [0.15, 0.2) is 0 Å². The van der Waals surface area contributed by atoms with Gasteiger partial charge in [0.25, 0.3) is 0 Å². The molecule has 1 N–H and O–H groups in total. The minimum absolute atomic E-state index is 0.425. The van der Waals surface area contributed by atoms with Crippen molar-refractivity contribution in [3.63, 3.8) is 0 Å². The standard InChI is InChI=1S/C11H16O3/c1-3-4-8-5-6-9(11(12)13)7-10(8)14-2/h5-6,9H,3-4,7H2,1-2H3,(H,12,13). The normalized spacial score (nSPS) is 21.1. The lowest BCUT2D eigenvalue weighted by Crippen LogP contribution is -2.16. The fourth-order valence-corrected chi connectivity index (χ4v) is 1.60. The molecule has 1 atom stereocenters. The summed E-state index contributed by atoms with van der Waals surface area (Å²) in [5.74, 6) is -0.390. The van der Waals surface area contributed by atoms with Gasteiger partial charge < -0.3 is 9.84 Å². The molecule has 0 aliphatic heterocycles. The third kappa shape index (κ3) is 2.37. The fraction of sp³-hybridized carbons (Fsp3) is 0.545. The Morgan fingerprint density at radius 2 is 2.43 bits per heavy atom. The van der Waals surface area contributed by atoms with Gasteiger partial charge in [-0.1, -0.05) is 25.5 Å². The molecule has 3 nitrogen and oxygen atoms in total. The van der Waals surface area contributed by atoms with E-state index in [0.29, 0.717) is 6.42 Å². The molecule has 0 aromatic heterocycles. The van der Waals surface area contributed by atoms with Crippen LogP contribution >= 0.6 is 0 Å². The average Bonchev–Trinajstić information content (AvgIpc) is 2.18. The minimum Gasteiger partial charge on any atom is -0.501 e. The number of allylic oxidation sites excluding steroid dienone is 3. The summed E-state index contributed by atoms with van der Waals surface area (Å²) in [7, 11) is 1.60. The number of methoxy groups -OCH3 is 1. The van der Waals surface area contributed by atoms with Crippen molar-refractivity contribution in [2.75, 3.05) is 7.11 Å². The fourth-order valence-electron chi connectivity index (χ4n) is 1.60. The molecule has 0 aromatic rings. The molecular formula is C11H16O3. The van der Waals surface area contributed by atoms with Crippen LogP contribution in [0, 0.1) is 5.92 Å². The highest BCUT2D eigenvalue weighted by Gasteiger charge is 2.21. The molecule has 0 amide bonds. The van der Waals surface area contributed by atoms with Crippen LogP contribution in [0.15, 0.2) is 23.5 Å². The van der Waals surface area contributed by atoms with Gasteiger partial charge in [-0.3, -0.25) is 4.79 Å². The predicted octanol–water partition coefficient (Wildman–Crippen LogP) is 2.35. The Kier molecular flexibility index (Phi) is 3.74. The first-order valence-corrected chi connectivity index (χ1v) is 4.86. The maximum absolute atomic E-state index is 10.8.